The van der Waals surface area contributed by atoms with E-state index in [4.69, 9.17) is 4.52 Å². The lowest BCUT2D eigenvalue weighted by atomic mass is 10.1. The lowest BCUT2D eigenvalue weighted by Crippen LogP contribution is -2.47. The summed E-state index contributed by atoms with van der Waals surface area (Å²) in [5, 5.41) is 6.41. The number of nitrogens with zero attached hydrogens (tertiary/aromatic N) is 3. The normalized spacial score (nSPS) is 16.4. The van der Waals surface area contributed by atoms with Gasteiger partial charge in [0.25, 0.3) is 0 Å². The third-order valence-electron chi connectivity index (χ3n) is 3.39. The van der Waals surface area contributed by atoms with Crippen molar-refractivity contribution in [2.45, 2.75) is 12.7 Å². The van der Waals surface area contributed by atoms with Gasteiger partial charge in [-0.3, -0.25) is 9.69 Å². The molecule has 3 rings (SSSR count). The Kier molecular flexibility index (Phi) is 4.03. The molecule has 122 valence electrons. The average Bonchev–Trinajstić information content (AvgIpc) is 2.95. The summed E-state index contributed by atoms with van der Waals surface area (Å²) in [6.07, 6.45) is -4.43. The Bertz CT molecular complexity index is 714. The van der Waals surface area contributed by atoms with Crippen LogP contribution in [0.1, 0.15) is 11.5 Å². The minimum absolute atomic E-state index is 0.0890. The second-order valence-electron chi connectivity index (χ2n) is 5.15. The number of benzene rings is 1. The van der Waals surface area contributed by atoms with Gasteiger partial charge in [0, 0.05) is 18.7 Å². The summed E-state index contributed by atoms with van der Waals surface area (Å²) in [7, 11) is 0. The van der Waals surface area contributed by atoms with Crippen molar-refractivity contribution >= 4 is 5.91 Å². The summed E-state index contributed by atoms with van der Waals surface area (Å²) in [6.45, 7) is 1.68. The zero-order valence-corrected chi connectivity index (χ0v) is 11.9. The van der Waals surface area contributed by atoms with E-state index in [1.165, 1.54) is 12.1 Å². The zero-order valence-electron chi connectivity index (χ0n) is 11.9. The minimum Gasteiger partial charge on any atom is -0.354 e. The summed E-state index contributed by atoms with van der Waals surface area (Å²) >= 11 is 0. The smallest absolute Gasteiger partial charge is 0.354 e. The first-order chi connectivity index (χ1) is 10.9. The van der Waals surface area contributed by atoms with E-state index in [1.807, 2.05) is 4.90 Å². The molecule has 1 saturated heterocycles. The number of amides is 1. The first-order valence-corrected chi connectivity index (χ1v) is 6.91. The van der Waals surface area contributed by atoms with Gasteiger partial charge in [-0.1, -0.05) is 17.3 Å². The van der Waals surface area contributed by atoms with Gasteiger partial charge in [-0.05, 0) is 12.1 Å². The molecule has 0 bridgehead atoms. The van der Waals surface area contributed by atoms with Gasteiger partial charge >= 0.3 is 6.18 Å². The monoisotopic (exact) mass is 326 g/mol. The molecule has 0 spiro atoms. The molecule has 2 aromatic rings. The lowest BCUT2D eigenvalue weighted by Gasteiger charge is -2.24. The first kappa shape index (κ1) is 15.5. The predicted octanol–water partition coefficient (Wildman–Crippen LogP) is 1.69. The fourth-order valence-corrected chi connectivity index (χ4v) is 2.29. The Labute approximate surface area is 129 Å². The van der Waals surface area contributed by atoms with E-state index in [2.05, 4.69) is 15.5 Å². The lowest BCUT2D eigenvalue weighted by molar-refractivity contribution is -0.137. The topological polar surface area (TPSA) is 71.3 Å². The van der Waals surface area contributed by atoms with Crippen LogP contribution in [0.15, 0.2) is 28.8 Å². The fraction of sp³-hybridized carbons (Fsp3) is 0.357. The van der Waals surface area contributed by atoms with Gasteiger partial charge in [0.2, 0.25) is 17.6 Å². The van der Waals surface area contributed by atoms with Crippen LogP contribution in [0, 0.1) is 0 Å². The maximum atomic E-state index is 12.7. The Morgan fingerprint density at radius 1 is 1.35 bits per heavy atom. The van der Waals surface area contributed by atoms with Crippen LogP contribution < -0.4 is 5.32 Å². The molecule has 0 unspecified atom stereocenters. The third-order valence-corrected chi connectivity index (χ3v) is 3.39. The molecule has 1 aromatic carbocycles. The third kappa shape index (κ3) is 3.67. The molecule has 23 heavy (non-hydrogen) atoms. The highest BCUT2D eigenvalue weighted by atomic mass is 19.4. The van der Waals surface area contributed by atoms with Gasteiger partial charge in [-0.25, -0.2) is 0 Å². The van der Waals surface area contributed by atoms with Gasteiger partial charge < -0.3 is 9.84 Å². The van der Waals surface area contributed by atoms with Crippen molar-refractivity contribution in [2.24, 2.45) is 0 Å². The molecule has 9 heteroatoms. The number of halogens is 3. The van der Waals surface area contributed by atoms with E-state index in [0.717, 1.165) is 12.1 Å². The van der Waals surface area contributed by atoms with E-state index in [0.29, 0.717) is 13.1 Å². The Hall–Kier alpha value is -2.42. The highest BCUT2D eigenvalue weighted by molar-refractivity contribution is 5.78. The molecule has 0 aliphatic carbocycles. The molecule has 1 fully saturated rings. The van der Waals surface area contributed by atoms with E-state index >= 15 is 0 Å². The number of carbonyl (C=O) groups excluding carboxylic acids is 1. The summed E-state index contributed by atoms with van der Waals surface area (Å²) in [5.41, 5.74) is -0.541. The molecule has 0 saturated carbocycles. The standard InChI is InChI=1S/C14H13F3N4O2/c15-14(16,17)10-3-1-2-9(6-10)13-19-12(23-20-13)8-21-5-4-18-11(22)7-21/h1-3,6H,4-5,7-8H2,(H,18,22). The van der Waals surface area contributed by atoms with Crippen LogP contribution in [-0.4, -0.2) is 40.6 Å². The first-order valence-electron chi connectivity index (χ1n) is 6.91. The molecule has 1 aliphatic rings. The summed E-state index contributed by atoms with van der Waals surface area (Å²) in [6, 6.07) is 4.74. The van der Waals surface area contributed by atoms with Crippen LogP contribution >= 0.6 is 0 Å². The van der Waals surface area contributed by atoms with Crippen molar-refractivity contribution in [3.8, 4) is 11.4 Å². The number of aromatic nitrogens is 2. The van der Waals surface area contributed by atoms with Crippen LogP contribution in [-0.2, 0) is 17.5 Å². The molecular formula is C14H13F3N4O2. The van der Waals surface area contributed by atoms with Crippen LogP contribution in [0.25, 0.3) is 11.4 Å². The van der Waals surface area contributed by atoms with Gasteiger partial charge in [0.05, 0.1) is 18.7 Å². The zero-order chi connectivity index (χ0) is 16.4. The fourth-order valence-electron chi connectivity index (χ4n) is 2.29. The summed E-state index contributed by atoms with van der Waals surface area (Å²) in [5.74, 6) is 0.258. The Morgan fingerprint density at radius 2 is 2.17 bits per heavy atom. The Morgan fingerprint density at radius 3 is 2.91 bits per heavy atom. The van der Waals surface area contributed by atoms with Gasteiger partial charge in [0.1, 0.15) is 0 Å². The van der Waals surface area contributed by atoms with Crippen molar-refractivity contribution in [2.75, 3.05) is 19.6 Å². The largest absolute Gasteiger partial charge is 0.416 e. The number of alkyl halides is 3. The SMILES string of the molecule is O=C1CN(Cc2nc(-c3cccc(C(F)(F)F)c3)no2)CCN1. The highest BCUT2D eigenvalue weighted by Crippen LogP contribution is 2.31. The Balaban J connectivity index is 1.75. The van der Waals surface area contributed by atoms with Crippen LogP contribution in [0.4, 0.5) is 13.2 Å². The van der Waals surface area contributed by atoms with Crippen LogP contribution in [0.3, 0.4) is 0 Å². The molecule has 1 aromatic heterocycles. The molecule has 1 aliphatic heterocycles. The molecular weight excluding hydrogens is 313 g/mol. The minimum atomic E-state index is -4.43. The number of rotatable bonds is 3. The van der Waals surface area contributed by atoms with Gasteiger partial charge in [0.15, 0.2) is 0 Å². The number of piperazine rings is 1. The molecule has 1 N–H and O–H groups in total. The van der Waals surface area contributed by atoms with Crippen molar-refractivity contribution in [3.05, 3.63) is 35.7 Å². The summed E-state index contributed by atoms with van der Waals surface area (Å²) < 4.78 is 43.2. The van der Waals surface area contributed by atoms with E-state index in [9.17, 15) is 18.0 Å². The molecule has 6 nitrogen and oxygen atoms in total. The van der Waals surface area contributed by atoms with Crippen LogP contribution in [0.2, 0.25) is 0 Å². The van der Waals surface area contributed by atoms with Crippen molar-refractivity contribution in [1.29, 1.82) is 0 Å². The van der Waals surface area contributed by atoms with E-state index in [1.54, 1.807) is 0 Å². The van der Waals surface area contributed by atoms with Gasteiger partial charge in [-0.15, -0.1) is 0 Å². The van der Waals surface area contributed by atoms with E-state index < -0.39 is 11.7 Å². The maximum Gasteiger partial charge on any atom is 0.416 e. The quantitative estimate of drug-likeness (QED) is 0.929. The average molecular weight is 326 g/mol. The van der Waals surface area contributed by atoms with Crippen molar-refractivity contribution in [1.82, 2.24) is 20.4 Å². The van der Waals surface area contributed by atoms with Gasteiger partial charge in [-0.2, -0.15) is 18.2 Å². The molecule has 2 heterocycles. The second kappa shape index (κ2) is 5.99. The maximum absolute atomic E-state index is 12.7. The number of nitrogens with one attached hydrogen (secondary N) is 1. The number of carbonyl (C=O) groups is 1. The van der Waals surface area contributed by atoms with Crippen molar-refractivity contribution in [3.63, 3.8) is 0 Å². The molecule has 0 atom stereocenters. The molecule has 1 amide bonds. The number of hydrogen-bond donors (Lipinski definition) is 1. The van der Waals surface area contributed by atoms with Crippen LogP contribution in [0.5, 0.6) is 0 Å². The predicted molar refractivity (Wildman–Crippen MR) is 73.0 cm³/mol. The molecule has 0 radical (unpaired) electrons. The van der Waals surface area contributed by atoms with Crippen molar-refractivity contribution < 1.29 is 22.5 Å². The second-order valence-corrected chi connectivity index (χ2v) is 5.15. The number of hydrogen-bond acceptors (Lipinski definition) is 5. The summed E-state index contributed by atoms with van der Waals surface area (Å²) in [4.78, 5) is 17.2. The van der Waals surface area contributed by atoms with E-state index in [-0.39, 0.29) is 36.3 Å². The highest BCUT2D eigenvalue weighted by Gasteiger charge is 2.30.